The van der Waals surface area contributed by atoms with E-state index >= 15 is 0 Å². The van der Waals surface area contributed by atoms with Crippen LogP contribution in [-0.4, -0.2) is 18.0 Å². The van der Waals surface area contributed by atoms with Crippen LogP contribution in [0.1, 0.15) is 13.9 Å². The van der Waals surface area contributed by atoms with Crippen molar-refractivity contribution in [2.75, 3.05) is 0 Å². The van der Waals surface area contributed by atoms with Crippen LogP contribution in [-0.2, 0) is 26.5 Å². The number of aromatic nitrogens is 2. The summed E-state index contributed by atoms with van der Waals surface area (Å²) in [6, 6.07) is 38.8. The Morgan fingerprint density at radius 2 is 1.42 bits per heavy atom. The van der Waals surface area contributed by atoms with E-state index in [9.17, 15) is 0 Å². The second-order valence-electron chi connectivity index (χ2n) is 9.16. The molecule has 2 aromatic heterocycles. The van der Waals surface area contributed by atoms with E-state index in [1.54, 1.807) is 18.3 Å². The maximum absolute atomic E-state index is 8.52. The summed E-state index contributed by atoms with van der Waals surface area (Å²) in [5.41, 5.74) is 4.92. The van der Waals surface area contributed by atoms with E-state index in [0.717, 1.165) is 22.5 Å². The van der Waals surface area contributed by atoms with Crippen LogP contribution in [0.15, 0.2) is 116 Å². The quantitative estimate of drug-likeness (QED) is 0.146. The number of pyridine rings is 2. The second kappa shape index (κ2) is 13.2. The molecule has 0 N–H and O–H groups in total. The van der Waals surface area contributed by atoms with Gasteiger partial charge >= 0.3 is 0 Å². The fraction of sp³-hybridized carbons (Fsp3) is 0.125. The normalized spacial score (nSPS) is 11.8. The zero-order valence-electron chi connectivity index (χ0n) is 22.7. The van der Waals surface area contributed by atoms with Gasteiger partial charge in [-0.15, -0.1) is 71.3 Å². The van der Waals surface area contributed by atoms with Crippen molar-refractivity contribution < 1.29 is 22.8 Å². The molecule has 0 bridgehead atoms. The van der Waals surface area contributed by atoms with E-state index in [1.165, 1.54) is 5.19 Å². The number of hydrogen-bond donors (Lipinski definition) is 0. The van der Waals surface area contributed by atoms with Crippen LogP contribution in [0.25, 0.3) is 22.5 Å². The van der Waals surface area contributed by atoms with Gasteiger partial charge in [-0.2, -0.15) is 0 Å². The third-order valence-electron chi connectivity index (χ3n) is 5.42. The Balaban J connectivity index is 0.000000258. The number of hydrogen-bond acceptors (Lipinski definition) is 2. The van der Waals surface area contributed by atoms with Crippen LogP contribution >= 0.6 is 0 Å². The molecule has 0 aliphatic rings. The molecule has 0 fully saturated rings. The Hall–Kier alpha value is -3.17. The second-order valence-corrected chi connectivity index (χ2v) is 14.2. The van der Waals surface area contributed by atoms with Gasteiger partial charge in [-0.3, -0.25) is 0 Å². The molecular formula is C32H30IrN2Si-2. The number of benzene rings is 3. The number of rotatable bonds is 5. The van der Waals surface area contributed by atoms with Crippen LogP contribution in [0.4, 0.5) is 0 Å². The third-order valence-corrected chi connectivity index (χ3v) is 7.45. The molecule has 0 spiro atoms. The minimum absolute atomic E-state index is 0. The summed E-state index contributed by atoms with van der Waals surface area (Å²) in [6.07, 6.45) is 2.19. The van der Waals surface area contributed by atoms with Crippen LogP contribution in [0.2, 0.25) is 19.6 Å². The summed E-state index contributed by atoms with van der Waals surface area (Å²) in [5, 5.41) is 1.31. The SMILES string of the molecule is [2H]C([2H])(c1ccccc1)c1cc[c-]c(-c2ccc([Si](C)(C)C)cn2)c1.[Ir].[c-]1ccccc1-c1ccccn1. The van der Waals surface area contributed by atoms with Gasteiger partial charge in [0, 0.05) is 35.2 Å². The Morgan fingerprint density at radius 1 is 0.694 bits per heavy atom. The molecule has 0 atom stereocenters. The van der Waals surface area contributed by atoms with E-state index in [2.05, 4.69) is 47.8 Å². The van der Waals surface area contributed by atoms with Gasteiger partial charge in [-0.1, -0.05) is 74.2 Å². The molecule has 5 aromatic rings. The first-order valence-electron chi connectivity index (χ1n) is 12.7. The molecule has 0 aliphatic carbocycles. The third kappa shape index (κ3) is 7.92. The van der Waals surface area contributed by atoms with Crippen LogP contribution < -0.4 is 5.19 Å². The van der Waals surface area contributed by atoms with E-state index in [-0.39, 0.29) is 20.1 Å². The standard InChI is InChI=1S/C21H22NSi.C11H8N.Ir/c1-23(2,3)20-12-13-21(22-16-20)19-11-7-10-18(15-19)14-17-8-5-4-6-9-17;1-2-6-10(7-3-1)11-8-4-5-9-12-11;/h4-10,12-13,15-16H,14H2,1-3H3;1-6,8-9H;/q2*-1;/i14D2;;. The maximum Gasteiger partial charge on any atom is 0.0795 e. The molecule has 0 unspecified atom stereocenters. The van der Waals surface area contributed by atoms with Gasteiger partial charge in [0.1, 0.15) is 0 Å². The first-order valence-corrected chi connectivity index (χ1v) is 15.2. The van der Waals surface area contributed by atoms with Crippen LogP contribution in [0.3, 0.4) is 0 Å². The monoisotopic (exact) mass is 665 g/mol. The molecule has 36 heavy (non-hydrogen) atoms. The van der Waals surface area contributed by atoms with Gasteiger partial charge in [0.2, 0.25) is 0 Å². The summed E-state index contributed by atoms with van der Waals surface area (Å²) < 4.78 is 17.0. The van der Waals surface area contributed by atoms with Crippen molar-refractivity contribution in [2.24, 2.45) is 0 Å². The fourth-order valence-electron chi connectivity index (χ4n) is 3.45. The summed E-state index contributed by atoms with van der Waals surface area (Å²) in [4.78, 5) is 8.81. The molecule has 2 nitrogen and oxygen atoms in total. The molecule has 183 valence electrons. The predicted octanol–water partition coefficient (Wildman–Crippen LogP) is 7.23. The molecule has 5 rings (SSSR count). The molecule has 0 amide bonds. The Kier molecular flexibility index (Phi) is 9.00. The average Bonchev–Trinajstić information content (AvgIpc) is 2.94. The van der Waals surface area contributed by atoms with Crippen molar-refractivity contribution in [3.05, 3.63) is 139 Å². The molecule has 0 saturated heterocycles. The fourth-order valence-corrected chi connectivity index (χ4v) is 4.49. The van der Waals surface area contributed by atoms with Gasteiger partial charge in [0.25, 0.3) is 0 Å². The predicted molar refractivity (Wildman–Crippen MR) is 149 cm³/mol. The summed E-state index contributed by atoms with van der Waals surface area (Å²) >= 11 is 0. The van der Waals surface area contributed by atoms with Crippen molar-refractivity contribution in [1.82, 2.24) is 9.97 Å². The van der Waals surface area contributed by atoms with Crippen molar-refractivity contribution >= 4 is 13.3 Å². The summed E-state index contributed by atoms with van der Waals surface area (Å²) in [5.74, 6) is 0. The van der Waals surface area contributed by atoms with Crippen molar-refractivity contribution in [2.45, 2.75) is 26.0 Å². The molecule has 0 saturated carbocycles. The van der Waals surface area contributed by atoms with Crippen LogP contribution in [0, 0.1) is 12.1 Å². The van der Waals surface area contributed by atoms with Gasteiger partial charge in [0.05, 0.1) is 8.07 Å². The average molecular weight is 665 g/mol. The van der Waals surface area contributed by atoms with E-state index in [1.807, 2.05) is 91.1 Å². The van der Waals surface area contributed by atoms with Crippen molar-refractivity contribution in [3.8, 4) is 22.5 Å². The number of nitrogens with zero attached hydrogens (tertiary/aromatic N) is 2. The smallest absolute Gasteiger partial charge is 0.0795 e. The molecular weight excluding hydrogens is 633 g/mol. The van der Waals surface area contributed by atoms with Gasteiger partial charge in [-0.05, 0) is 34.6 Å². The zero-order chi connectivity index (χ0) is 26.3. The largest absolute Gasteiger partial charge is 0.305 e. The molecule has 1 radical (unpaired) electrons. The Labute approximate surface area is 232 Å². The van der Waals surface area contributed by atoms with Gasteiger partial charge in [0.15, 0.2) is 0 Å². The topological polar surface area (TPSA) is 25.8 Å². The summed E-state index contributed by atoms with van der Waals surface area (Å²) in [6.45, 7) is 6.89. The summed E-state index contributed by atoms with van der Waals surface area (Å²) in [7, 11) is -1.37. The van der Waals surface area contributed by atoms with Crippen molar-refractivity contribution in [1.29, 1.82) is 0 Å². The maximum atomic E-state index is 8.52. The zero-order valence-corrected chi connectivity index (χ0v) is 24.1. The Bertz CT molecular complexity index is 1370. The van der Waals surface area contributed by atoms with Crippen LogP contribution in [0.5, 0.6) is 0 Å². The van der Waals surface area contributed by atoms with Crippen molar-refractivity contribution in [3.63, 3.8) is 0 Å². The van der Waals surface area contributed by atoms with E-state index < -0.39 is 14.4 Å². The minimum atomic E-state index is -1.55. The molecule has 4 heteroatoms. The first-order chi connectivity index (χ1) is 17.7. The van der Waals surface area contributed by atoms with Gasteiger partial charge < -0.3 is 9.97 Å². The molecule has 0 aliphatic heterocycles. The molecule has 3 aromatic carbocycles. The minimum Gasteiger partial charge on any atom is -0.305 e. The molecule has 2 heterocycles. The Morgan fingerprint density at radius 3 is 2.06 bits per heavy atom. The van der Waals surface area contributed by atoms with E-state index in [4.69, 9.17) is 2.74 Å². The first kappa shape index (κ1) is 24.5. The van der Waals surface area contributed by atoms with E-state index in [0.29, 0.717) is 11.1 Å². The van der Waals surface area contributed by atoms with Gasteiger partial charge in [-0.25, -0.2) is 0 Å².